The molecule has 1 saturated heterocycles. The van der Waals surface area contributed by atoms with E-state index in [9.17, 15) is 4.39 Å². The zero-order chi connectivity index (χ0) is 10.2. The van der Waals surface area contributed by atoms with Gasteiger partial charge in [-0.25, -0.2) is 0 Å². The molecule has 0 bridgehead atoms. The molecular weight excluding hydrogens is 181 g/mol. The highest BCUT2D eigenvalue weighted by molar-refractivity contribution is 5.78. The van der Waals surface area contributed by atoms with Gasteiger partial charge in [-0.1, -0.05) is 12.8 Å². The number of hydrogen-bond acceptors (Lipinski definition) is 1. The molecule has 3 nitrogen and oxygen atoms in total. The number of nitrogens with two attached hydrogens (primary N) is 1. The molecule has 82 valence electrons. The van der Waals surface area contributed by atoms with Crippen LogP contribution in [0.4, 0.5) is 4.39 Å². The maximum absolute atomic E-state index is 11.8. The van der Waals surface area contributed by atoms with Crippen molar-refractivity contribution in [1.29, 1.82) is 0 Å². The van der Waals surface area contributed by atoms with Gasteiger partial charge in [0.05, 0.1) is 6.67 Å². The molecule has 1 aliphatic rings. The van der Waals surface area contributed by atoms with Crippen molar-refractivity contribution < 1.29 is 4.39 Å². The number of nitrogens with zero attached hydrogens (tertiary/aromatic N) is 2. The normalized spacial score (nSPS) is 19.5. The molecule has 0 unspecified atom stereocenters. The Hall–Kier alpha value is -0.800. The molecule has 2 N–H and O–H groups in total. The molecule has 0 aromatic rings. The lowest BCUT2D eigenvalue weighted by atomic mass is 10.2. The molecule has 0 saturated carbocycles. The van der Waals surface area contributed by atoms with E-state index in [1.165, 1.54) is 25.7 Å². The van der Waals surface area contributed by atoms with E-state index < -0.39 is 0 Å². The van der Waals surface area contributed by atoms with E-state index in [1.807, 2.05) is 0 Å². The summed E-state index contributed by atoms with van der Waals surface area (Å²) in [5.74, 6) is 0.598. The molecule has 0 aromatic carbocycles. The highest BCUT2D eigenvalue weighted by Crippen LogP contribution is 2.08. The van der Waals surface area contributed by atoms with Crippen molar-refractivity contribution in [3.05, 3.63) is 0 Å². The Kier molecular flexibility index (Phi) is 5.33. The van der Waals surface area contributed by atoms with Gasteiger partial charge in [-0.2, -0.15) is 0 Å². The smallest absolute Gasteiger partial charge is 0.191 e. The van der Waals surface area contributed by atoms with Gasteiger partial charge in [0.15, 0.2) is 5.96 Å². The summed E-state index contributed by atoms with van der Waals surface area (Å²) in [7, 11) is 0. The summed E-state index contributed by atoms with van der Waals surface area (Å²) >= 11 is 0. The fraction of sp³-hybridized carbons (Fsp3) is 0.900. The van der Waals surface area contributed by atoms with Crippen molar-refractivity contribution in [1.82, 2.24) is 4.90 Å². The predicted molar refractivity (Wildman–Crippen MR) is 57.1 cm³/mol. The molecule has 0 spiro atoms. The summed E-state index contributed by atoms with van der Waals surface area (Å²) in [5, 5.41) is 0. The Morgan fingerprint density at radius 3 is 2.43 bits per heavy atom. The zero-order valence-electron chi connectivity index (χ0n) is 8.71. The lowest BCUT2D eigenvalue weighted by Gasteiger charge is -2.20. The zero-order valence-corrected chi connectivity index (χ0v) is 8.71. The Bertz CT molecular complexity index is 174. The standard InChI is InChI=1S/C10H20FN3/c11-6-5-7-13-10(12)14-8-3-1-2-4-9-14/h1-9H2,(H2,12,13). The molecule has 0 amide bonds. The highest BCUT2D eigenvalue weighted by Gasteiger charge is 2.10. The minimum absolute atomic E-state index is 0.309. The van der Waals surface area contributed by atoms with Gasteiger partial charge >= 0.3 is 0 Å². The third kappa shape index (κ3) is 3.94. The average Bonchev–Trinajstić information content (AvgIpc) is 2.46. The van der Waals surface area contributed by atoms with E-state index in [4.69, 9.17) is 5.73 Å². The van der Waals surface area contributed by atoms with Crippen LogP contribution in [0.25, 0.3) is 0 Å². The van der Waals surface area contributed by atoms with Gasteiger partial charge in [-0.3, -0.25) is 9.38 Å². The van der Waals surface area contributed by atoms with Crippen molar-refractivity contribution in [2.45, 2.75) is 32.1 Å². The van der Waals surface area contributed by atoms with Gasteiger partial charge in [-0.05, 0) is 19.3 Å². The van der Waals surface area contributed by atoms with Crippen molar-refractivity contribution >= 4 is 5.96 Å². The first-order valence-corrected chi connectivity index (χ1v) is 5.45. The molecule has 0 radical (unpaired) electrons. The SMILES string of the molecule is NC(=NCCCF)N1CCCCCC1. The quantitative estimate of drug-likeness (QED) is 0.427. The summed E-state index contributed by atoms with van der Waals surface area (Å²) in [6.07, 6.45) is 5.44. The molecule has 0 atom stereocenters. The van der Waals surface area contributed by atoms with Crippen molar-refractivity contribution in [2.75, 3.05) is 26.3 Å². The van der Waals surface area contributed by atoms with Crippen molar-refractivity contribution in [3.8, 4) is 0 Å². The first-order valence-electron chi connectivity index (χ1n) is 5.45. The summed E-state index contributed by atoms with van der Waals surface area (Å²) in [5.41, 5.74) is 5.81. The minimum Gasteiger partial charge on any atom is -0.370 e. The van der Waals surface area contributed by atoms with Gasteiger partial charge in [-0.15, -0.1) is 0 Å². The topological polar surface area (TPSA) is 41.6 Å². The second-order valence-corrected chi connectivity index (χ2v) is 3.68. The Labute approximate surface area is 85.2 Å². The van der Waals surface area contributed by atoms with Crippen LogP contribution in [0.5, 0.6) is 0 Å². The summed E-state index contributed by atoms with van der Waals surface area (Å²) < 4.78 is 11.8. The number of aliphatic imine (C=N–C) groups is 1. The first kappa shape index (κ1) is 11.3. The van der Waals surface area contributed by atoms with E-state index >= 15 is 0 Å². The molecule has 14 heavy (non-hydrogen) atoms. The molecule has 1 rings (SSSR count). The number of halogens is 1. The monoisotopic (exact) mass is 201 g/mol. The predicted octanol–water partition coefficient (Wildman–Crippen LogP) is 1.54. The lowest BCUT2D eigenvalue weighted by molar-refractivity contribution is 0.426. The van der Waals surface area contributed by atoms with Crippen LogP contribution in [0.2, 0.25) is 0 Å². The fourth-order valence-corrected chi connectivity index (χ4v) is 1.65. The van der Waals surface area contributed by atoms with E-state index in [2.05, 4.69) is 9.89 Å². The first-order chi connectivity index (χ1) is 6.84. The largest absolute Gasteiger partial charge is 0.370 e. The van der Waals surface area contributed by atoms with Crippen LogP contribution in [0, 0.1) is 0 Å². The maximum Gasteiger partial charge on any atom is 0.191 e. The molecule has 1 fully saturated rings. The van der Waals surface area contributed by atoms with Gasteiger partial charge in [0.25, 0.3) is 0 Å². The minimum atomic E-state index is -0.309. The van der Waals surface area contributed by atoms with Gasteiger partial charge in [0.2, 0.25) is 0 Å². The van der Waals surface area contributed by atoms with Crippen LogP contribution >= 0.6 is 0 Å². The van der Waals surface area contributed by atoms with Crippen LogP contribution in [-0.2, 0) is 0 Å². The molecule has 4 heteroatoms. The molecule has 0 aliphatic carbocycles. The van der Waals surface area contributed by atoms with Crippen LogP contribution in [-0.4, -0.2) is 37.2 Å². The van der Waals surface area contributed by atoms with Crippen molar-refractivity contribution in [3.63, 3.8) is 0 Å². The number of likely N-dealkylation sites (tertiary alicyclic amines) is 1. The summed E-state index contributed by atoms with van der Waals surface area (Å²) in [6.45, 7) is 2.21. The molecule has 0 aromatic heterocycles. The van der Waals surface area contributed by atoms with Gasteiger partial charge < -0.3 is 10.6 Å². The second kappa shape index (κ2) is 6.62. The van der Waals surface area contributed by atoms with Gasteiger partial charge in [0, 0.05) is 19.6 Å². The summed E-state index contributed by atoms with van der Waals surface area (Å²) in [6, 6.07) is 0. The van der Waals surface area contributed by atoms with E-state index in [1.54, 1.807) is 0 Å². The number of guanidine groups is 1. The summed E-state index contributed by atoms with van der Waals surface area (Å²) in [4.78, 5) is 6.28. The third-order valence-electron chi connectivity index (χ3n) is 2.50. The number of hydrogen-bond donors (Lipinski definition) is 1. The van der Waals surface area contributed by atoms with Crippen molar-refractivity contribution in [2.24, 2.45) is 10.7 Å². The van der Waals surface area contributed by atoms with Crippen LogP contribution in [0.15, 0.2) is 4.99 Å². The fourth-order valence-electron chi connectivity index (χ4n) is 1.65. The Morgan fingerprint density at radius 1 is 1.21 bits per heavy atom. The second-order valence-electron chi connectivity index (χ2n) is 3.68. The molecule has 1 heterocycles. The highest BCUT2D eigenvalue weighted by atomic mass is 19.1. The van der Waals surface area contributed by atoms with Gasteiger partial charge in [0.1, 0.15) is 0 Å². The van der Waals surface area contributed by atoms with E-state index in [0.29, 0.717) is 18.9 Å². The van der Waals surface area contributed by atoms with E-state index in [-0.39, 0.29) is 6.67 Å². The number of rotatable bonds is 3. The maximum atomic E-state index is 11.8. The molecular formula is C10H20FN3. The lowest BCUT2D eigenvalue weighted by Crippen LogP contribution is -2.38. The van der Waals surface area contributed by atoms with E-state index in [0.717, 1.165) is 13.1 Å². The van der Waals surface area contributed by atoms with Crippen LogP contribution < -0.4 is 5.73 Å². The number of alkyl halides is 1. The Balaban J connectivity index is 2.32. The third-order valence-corrected chi connectivity index (χ3v) is 2.50. The van der Waals surface area contributed by atoms with Crippen LogP contribution in [0.1, 0.15) is 32.1 Å². The van der Waals surface area contributed by atoms with Crippen LogP contribution in [0.3, 0.4) is 0 Å². The Morgan fingerprint density at radius 2 is 1.86 bits per heavy atom. The average molecular weight is 201 g/mol. The molecule has 1 aliphatic heterocycles.